The van der Waals surface area contributed by atoms with E-state index in [2.05, 4.69) is 12.1 Å². The number of methoxy groups -OCH3 is 3. The van der Waals surface area contributed by atoms with E-state index in [1.807, 2.05) is 6.92 Å². The Labute approximate surface area is 75.3 Å². The fourth-order valence-corrected chi connectivity index (χ4v) is 3.08. The molecule has 0 aromatic rings. The van der Waals surface area contributed by atoms with Crippen molar-refractivity contribution in [3.8, 4) is 0 Å². The summed E-state index contributed by atoms with van der Waals surface area (Å²) in [6.45, 7) is 1.91. The van der Waals surface area contributed by atoms with E-state index < -0.39 is 14.1 Å². The van der Waals surface area contributed by atoms with Gasteiger partial charge in [-0.2, -0.15) is 0 Å². The predicted molar refractivity (Wildman–Crippen MR) is 50.8 cm³/mol. The Hall–Kier alpha value is 0.447. The van der Waals surface area contributed by atoms with Crippen LogP contribution < -0.4 is 0 Å². The average Bonchev–Trinajstić information content (AvgIpc) is 2.08. The molecule has 0 radical (unpaired) electrons. The fourth-order valence-electron chi connectivity index (χ4n) is 0.852. The summed E-state index contributed by atoms with van der Waals surface area (Å²) in [7, 11) is 4.15. The van der Waals surface area contributed by atoms with Crippen molar-refractivity contribution in [2.24, 2.45) is 0 Å². The maximum Gasteiger partial charge on any atom is 0.179 e. The minimum atomic E-state index is -0.712. The molecule has 0 rings (SSSR count). The summed E-state index contributed by atoms with van der Waals surface area (Å²) in [4.78, 5) is 0. The molecule has 0 aromatic carbocycles. The second-order valence-electron chi connectivity index (χ2n) is 2.26. The minimum Gasteiger partial charge on any atom is -0.377 e. The van der Waals surface area contributed by atoms with E-state index in [4.69, 9.17) is 14.2 Å². The summed E-state index contributed by atoms with van der Waals surface area (Å²) in [5, 5.41) is 0. The lowest BCUT2D eigenvalue weighted by Gasteiger charge is -2.33. The summed E-state index contributed by atoms with van der Waals surface area (Å²) in [5.41, 5.74) is -0.585. The Kier molecular flexibility index (Phi) is 5.37. The van der Waals surface area contributed by atoms with Crippen molar-refractivity contribution in [3.63, 3.8) is 0 Å². The first-order valence-electron chi connectivity index (χ1n) is 3.40. The molecule has 0 aliphatic heterocycles. The lowest BCUT2D eigenvalue weighted by molar-refractivity contribution is -0.203. The van der Waals surface area contributed by atoms with E-state index in [0.717, 1.165) is 0 Å². The van der Waals surface area contributed by atoms with Crippen LogP contribution in [0.15, 0.2) is 0 Å². The van der Waals surface area contributed by atoms with Gasteiger partial charge in [-0.3, -0.25) is 0 Å². The fraction of sp³-hybridized carbons (Fsp3) is 1.00. The monoisotopic (exact) mass is 196 g/mol. The van der Waals surface area contributed by atoms with Gasteiger partial charge in [-0.15, -0.1) is 0 Å². The predicted octanol–water partition coefficient (Wildman–Crippen LogP) is -0.0185. The molecular weight excluding hydrogens is 180 g/mol. The van der Waals surface area contributed by atoms with Crippen LogP contribution in [0.1, 0.15) is 6.92 Å². The number of rotatable bonds is 5. The molecule has 68 valence electrons. The van der Waals surface area contributed by atoms with Gasteiger partial charge in [-0.05, 0) is 6.92 Å². The molecule has 0 amide bonds. The molecule has 0 saturated heterocycles. The molecule has 0 fully saturated rings. The van der Waals surface area contributed by atoms with Gasteiger partial charge in [-0.25, -0.2) is 12.1 Å². The Morgan fingerprint density at radius 3 is 1.82 bits per heavy atom. The Bertz CT molecular complexity index is 99.7. The second kappa shape index (κ2) is 5.16. The zero-order chi connectivity index (χ0) is 8.91. The van der Waals surface area contributed by atoms with E-state index in [0.29, 0.717) is 0 Å². The van der Waals surface area contributed by atoms with Gasteiger partial charge < -0.3 is 14.2 Å². The van der Waals surface area contributed by atoms with Gasteiger partial charge in [0, 0.05) is 21.3 Å². The van der Waals surface area contributed by atoms with Crippen LogP contribution in [-0.4, -0.2) is 41.5 Å². The van der Waals surface area contributed by atoms with Crippen LogP contribution in [-0.2, 0) is 14.2 Å². The molecule has 0 saturated carbocycles. The molecule has 0 aliphatic carbocycles. The van der Waals surface area contributed by atoms with Crippen molar-refractivity contribution >= 4 is 20.7 Å². The third-order valence-corrected chi connectivity index (χ3v) is 4.80. The lowest BCUT2D eigenvalue weighted by atomic mass is 10.4. The standard InChI is InChI=1S/C6H16O3SSi/c1-5(7-2)6(8-3,9-4)11-10/h5,10H,11H2,1-4H3. The lowest BCUT2D eigenvalue weighted by Crippen LogP contribution is -2.49. The molecule has 5 heteroatoms. The van der Waals surface area contributed by atoms with Gasteiger partial charge in [0.15, 0.2) is 14.1 Å². The van der Waals surface area contributed by atoms with E-state index >= 15 is 0 Å². The molecule has 0 bridgehead atoms. The molecule has 0 aromatic heterocycles. The van der Waals surface area contributed by atoms with Crippen LogP contribution in [0.4, 0.5) is 0 Å². The number of ether oxygens (including phenoxy) is 3. The van der Waals surface area contributed by atoms with Crippen molar-refractivity contribution in [1.29, 1.82) is 0 Å². The van der Waals surface area contributed by atoms with Gasteiger partial charge in [0.2, 0.25) is 0 Å². The molecule has 0 aliphatic rings. The van der Waals surface area contributed by atoms with Gasteiger partial charge in [-0.1, -0.05) is 0 Å². The molecule has 11 heavy (non-hydrogen) atoms. The highest BCUT2D eigenvalue weighted by atomic mass is 32.3. The first-order valence-corrected chi connectivity index (χ1v) is 6.64. The van der Waals surface area contributed by atoms with Crippen LogP contribution in [0, 0.1) is 0 Å². The molecule has 0 spiro atoms. The van der Waals surface area contributed by atoms with Crippen LogP contribution in [0.25, 0.3) is 0 Å². The minimum absolute atomic E-state index is 0.0679. The third-order valence-electron chi connectivity index (χ3n) is 1.88. The Morgan fingerprint density at radius 2 is 1.73 bits per heavy atom. The maximum absolute atomic E-state index is 5.23. The van der Waals surface area contributed by atoms with Crippen molar-refractivity contribution in [2.75, 3.05) is 21.3 Å². The van der Waals surface area contributed by atoms with Gasteiger partial charge in [0.1, 0.15) is 6.10 Å². The normalized spacial score (nSPS) is 16.1. The second-order valence-corrected chi connectivity index (χ2v) is 4.51. The zero-order valence-corrected chi connectivity index (χ0v) is 9.77. The average molecular weight is 196 g/mol. The molecule has 1 unspecified atom stereocenters. The molecule has 1 atom stereocenters. The Morgan fingerprint density at radius 1 is 1.27 bits per heavy atom. The van der Waals surface area contributed by atoms with E-state index in [-0.39, 0.29) is 6.10 Å². The molecule has 0 heterocycles. The van der Waals surface area contributed by atoms with Crippen LogP contribution in [0.3, 0.4) is 0 Å². The van der Waals surface area contributed by atoms with Crippen molar-refractivity contribution in [1.82, 2.24) is 0 Å². The van der Waals surface area contributed by atoms with Crippen LogP contribution in [0.2, 0.25) is 0 Å². The largest absolute Gasteiger partial charge is 0.377 e. The van der Waals surface area contributed by atoms with E-state index in [9.17, 15) is 0 Å². The van der Waals surface area contributed by atoms with Crippen molar-refractivity contribution in [2.45, 2.75) is 18.4 Å². The highest BCUT2D eigenvalue weighted by Gasteiger charge is 2.35. The first kappa shape index (κ1) is 11.4. The summed E-state index contributed by atoms with van der Waals surface area (Å²) < 4.78 is 15.6. The summed E-state index contributed by atoms with van der Waals surface area (Å²) in [6, 6.07) is 0. The maximum atomic E-state index is 5.23. The number of thiol groups is 1. The SMILES string of the molecule is COC(C)C(OC)(OC)[SiH2]S. The summed E-state index contributed by atoms with van der Waals surface area (Å²) in [5.74, 6) is 0. The van der Waals surface area contributed by atoms with Crippen molar-refractivity contribution < 1.29 is 14.2 Å². The highest BCUT2D eigenvalue weighted by Crippen LogP contribution is 2.18. The highest BCUT2D eigenvalue weighted by molar-refractivity contribution is 8.07. The molecule has 3 nitrogen and oxygen atoms in total. The molecular formula is C6H16O3SSi. The van der Waals surface area contributed by atoms with E-state index in [1.54, 1.807) is 21.3 Å². The number of hydrogen-bond donors (Lipinski definition) is 1. The Balaban J connectivity index is 4.26. The smallest absolute Gasteiger partial charge is 0.179 e. The van der Waals surface area contributed by atoms with Gasteiger partial charge >= 0.3 is 0 Å². The number of hydrogen-bond acceptors (Lipinski definition) is 4. The zero-order valence-electron chi connectivity index (χ0n) is 7.46. The summed E-state index contributed by atoms with van der Waals surface area (Å²) in [6.07, 6.45) is -0.0679. The van der Waals surface area contributed by atoms with Crippen molar-refractivity contribution in [3.05, 3.63) is 0 Å². The van der Waals surface area contributed by atoms with Crippen LogP contribution >= 0.6 is 12.1 Å². The first-order chi connectivity index (χ1) is 5.16. The van der Waals surface area contributed by atoms with Crippen LogP contribution in [0.5, 0.6) is 0 Å². The van der Waals surface area contributed by atoms with E-state index in [1.165, 1.54) is 0 Å². The topological polar surface area (TPSA) is 27.7 Å². The summed E-state index contributed by atoms with van der Waals surface area (Å²) >= 11 is 4.26. The molecule has 0 N–H and O–H groups in total. The van der Waals surface area contributed by atoms with Gasteiger partial charge in [0.25, 0.3) is 0 Å². The van der Waals surface area contributed by atoms with Gasteiger partial charge in [0.05, 0.1) is 0 Å². The quantitative estimate of drug-likeness (QED) is 0.380. The third kappa shape index (κ3) is 2.45.